The van der Waals surface area contributed by atoms with Crippen molar-refractivity contribution in [3.63, 3.8) is 0 Å². The molecular formula is C13H13N3S. The zero-order valence-electron chi connectivity index (χ0n) is 9.60. The molecule has 3 rings (SSSR count). The highest BCUT2D eigenvalue weighted by Crippen LogP contribution is 2.47. The van der Waals surface area contributed by atoms with Crippen LogP contribution >= 0.6 is 12.2 Å². The van der Waals surface area contributed by atoms with Crippen molar-refractivity contribution < 1.29 is 0 Å². The molecule has 17 heavy (non-hydrogen) atoms. The molecule has 1 aromatic carbocycles. The summed E-state index contributed by atoms with van der Waals surface area (Å²) in [4.78, 5) is 3.17. The molecule has 1 aliphatic rings. The summed E-state index contributed by atoms with van der Waals surface area (Å²) >= 11 is 5.38. The minimum Gasteiger partial charge on any atom is -0.329 e. The van der Waals surface area contributed by atoms with Gasteiger partial charge >= 0.3 is 0 Å². The molecule has 1 N–H and O–H groups in total. The predicted octanol–water partition coefficient (Wildman–Crippen LogP) is 3.54. The second-order valence-electron chi connectivity index (χ2n) is 4.58. The van der Waals surface area contributed by atoms with Gasteiger partial charge in [-0.15, -0.1) is 0 Å². The van der Waals surface area contributed by atoms with E-state index in [1.807, 2.05) is 18.2 Å². The second kappa shape index (κ2) is 3.71. The Morgan fingerprint density at radius 1 is 1.59 bits per heavy atom. The van der Waals surface area contributed by atoms with Crippen LogP contribution in [-0.2, 0) is 0 Å². The molecule has 2 aromatic rings. The summed E-state index contributed by atoms with van der Waals surface area (Å²) in [5.74, 6) is 0.742. The highest BCUT2D eigenvalue weighted by molar-refractivity contribution is 7.71. The van der Waals surface area contributed by atoms with Gasteiger partial charge in [0.2, 0.25) is 0 Å². The molecule has 4 heteroatoms. The van der Waals surface area contributed by atoms with Gasteiger partial charge in [-0.1, -0.05) is 19.4 Å². The molecule has 1 heterocycles. The number of imidazole rings is 1. The first-order chi connectivity index (χ1) is 8.26. The highest BCUT2D eigenvalue weighted by atomic mass is 32.1. The summed E-state index contributed by atoms with van der Waals surface area (Å²) in [6.45, 7) is 2.21. The summed E-state index contributed by atoms with van der Waals surface area (Å²) in [6, 6.07) is 8.50. The van der Waals surface area contributed by atoms with Gasteiger partial charge < -0.3 is 9.55 Å². The van der Waals surface area contributed by atoms with E-state index in [0.717, 1.165) is 21.7 Å². The Hall–Kier alpha value is -1.60. The number of H-pyrrole nitrogens is 1. The number of rotatable bonds is 2. The first-order valence-electron chi connectivity index (χ1n) is 5.89. The van der Waals surface area contributed by atoms with Gasteiger partial charge in [0.15, 0.2) is 4.77 Å². The maximum atomic E-state index is 9.07. The third kappa shape index (κ3) is 1.50. The van der Waals surface area contributed by atoms with E-state index in [0.29, 0.717) is 11.6 Å². The van der Waals surface area contributed by atoms with E-state index >= 15 is 0 Å². The van der Waals surface area contributed by atoms with Crippen LogP contribution in [0.2, 0.25) is 0 Å². The van der Waals surface area contributed by atoms with Gasteiger partial charge in [-0.2, -0.15) is 5.26 Å². The summed E-state index contributed by atoms with van der Waals surface area (Å²) in [5.41, 5.74) is 2.61. The summed E-state index contributed by atoms with van der Waals surface area (Å²) in [6.07, 6.45) is 2.39. The van der Waals surface area contributed by atoms with Gasteiger partial charge in [-0.05, 0) is 36.7 Å². The van der Waals surface area contributed by atoms with Gasteiger partial charge in [-0.3, -0.25) is 0 Å². The third-order valence-electron chi connectivity index (χ3n) is 3.61. The lowest BCUT2D eigenvalue weighted by Crippen LogP contribution is -1.95. The van der Waals surface area contributed by atoms with E-state index in [9.17, 15) is 0 Å². The molecule has 2 unspecified atom stereocenters. The van der Waals surface area contributed by atoms with E-state index in [-0.39, 0.29) is 0 Å². The van der Waals surface area contributed by atoms with Crippen molar-refractivity contribution in [2.45, 2.75) is 25.8 Å². The summed E-state index contributed by atoms with van der Waals surface area (Å²) < 4.78 is 2.92. The Balaban J connectivity index is 2.23. The zero-order valence-corrected chi connectivity index (χ0v) is 10.4. The average Bonchev–Trinajstić information content (AvgIpc) is 3.03. The van der Waals surface area contributed by atoms with Gasteiger partial charge in [0.05, 0.1) is 16.6 Å². The van der Waals surface area contributed by atoms with E-state index in [2.05, 4.69) is 22.5 Å². The average molecular weight is 243 g/mol. The molecular weight excluding hydrogens is 230 g/mol. The molecule has 2 atom stereocenters. The fourth-order valence-corrected chi connectivity index (χ4v) is 2.89. The van der Waals surface area contributed by atoms with Crippen LogP contribution in [-0.4, -0.2) is 9.55 Å². The van der Waals surface area contributed by atoms with Crippen LogP contribution in [0.4, 0.5) is 0 Å². The van der Waals surface area contributed by atoms with Crippen molar-refractivity contribution >= 4 is 23.3 Å². The third-order valence-corrected chi connectivity index (χ3v) is 3.91. The van der Waals surface area contributed by atoms with Gasteiger partial charge in [0, 0.05) is 6.04 Å². The molecule has 86 valence electrons. The van der Waals surface area contributed by atoms with Crippen LogP contribution in [0.5, 0.6) is 0 Å². The molecule has 0 saturated heterocycles. The maximum Gasteiger partial charge on any atom is 0.178 e. The molecule has 0 spiro atoms. The van der Waals surface area contributed by atoms with Gasteiger partial charge in [0.1, 0.15) is 6.07 Å². The summed E-state index contributed by atoms with van der Waals surface area (Å²) in [7, 11) is 0. The smallest absolute Gasteiger partial charge is 0.178 e. The number of nitrogens with one attached hydrogen (secondary N) is 1. The minimum absolute atomic E-state index is 0.523. The lowest BCUT2D eigenvalue weighted by atomic mass is 10.2. The summed E-state index contributed by atoms with van der Waals surface area (Å²) in [5, 5.41) is 9.07. The quantitative estimate of drug-likeness (QED) is 0.820. The first kappa shape index (κ1) is 10.5. The Morgan fingerprint density at radius 2 is 2.41 bits per heavy atom. The molecule has 0 amide bonds. The van der Waals surface area contributed by atoms with Crippen molar-refractivity contribution in [2.24, 2.45) is 5.92 Å². The van der Waals surface area contributed by atoms with Crippen LogP contribution < -0.4 is 0 Å². The molecule has 1 aliphatic carbocycles. The zero-order chi connectivity index (χ0) is 12.0. The normalized spacial score (nSPS) is 22.6. The fraction of sp³-hybridized carbons (Fsp3) is 0.385. The van der Waals surface area contributed by atoms with E-state index < -0.39 is 0 Å². The molecule has 0 radical (unpaired) electrons. The fourth-order valence-electron chi connectivity index (χ4n) is 2.56. The standard InChI is InChI=1S/C13H13N3S/c1-2-8-6-11(8)16-10-5-3-4-9(7-14)12(10)15-13(16)17/h3-5,8,11H,2,6H2,1H3,(H,15,17). The van der Waals surface area contributed by atoms with E-state index in [1.54, 1.807) is 0 Å². The number of aromatic amines is 1. The predicted molar refractivity (Wildman–Crippen MR) is 69.3 cm³/mol. The van der Waals surface area contributed by atoms with Gasteiger partial charge in [0.25, 0.3) is 0 Å². The van der Waals surface area contributed by atoms with Crippen molar-refractivity contribution in [1.29, 1.82) is 5.26 Å². The Labute approximate surface area is 105 Å². The first-order valence-corrected chi connectivity index (χ1v) is 6.30. The van der Waals surface area contributed by atoms with E-state index in [4.69, 9.17) is 17.5 Å². The molecule has 0 bridgehead atoms. The van der Waals surface area contributed by atoms with Crippen molar-refractivity contribution in [3.05, 3.63) is 28.5 Å². The highest BCUT2D eigenvalue weighted by Gasteiger charge is 2.38. The lowest BCUT2D eigenvalue weighted by molar-refractivity contribution is 0.648. The number of benzene rings is 1. The number of para-hydroxylation sites is 1. The van der Waals surface area contributed by atoms with Crippen molar-refractivity contribution in [3.8, 4) is 6.07 Å². The topological polar surface area (TPSA) is 44.5 Å². The lowest BCUT2D eigenvalue weighted by Gasteiger charge is -2.02. The number of hydrogen-bond acceptors (Lipinski definition) is 2. The van der Waals surface area contributed by atoms with Crippen molar-refractivity contribution in [2.75, 3.05) is 0 Å². The molecule has 0 aliphatic heterocycles. The second-order valence-corrected chi connectivity index (χ2v) is 4.97. The SMILES string of the molecule is CCC1CC1n1c(=S)[nH]c2c(C#N)cccc21. The number of fused-ring (bicyclic) bond motifs is 1. The number of nitrogens with zero attached hydrogens (tertiary/aromatic N) is 2. The number of aromatic nitrogens is 2. The Bertz CT molecular complexity index is 674. The van der Waals surface area contributed by atoms with Crippen LogP contribution in [0.25, 0.3) is 11.0 Å². The minimum atomic E-state index is 0.523. The maximum absolute atomic E-state index is 9.07. The van der Waals surface area contributed by atoms with Gasteiger partial charge in [-0.25, -0.2) is 0 Å². The van der Waals surface area contributed by atoms with Crippen LogP contribution in [0, 0.1) is 22.0 Å². The van der Waals surface area contributed by atoms with Crippen LogP contribution in [0.1, 0.15) is 31.4 Å². The molecule has 1 fully saturated rings. The van der Waals surface area contributed by atoms with Crippen LogP contribution in [0.15, 0.2) is 18.2 Å². The monoisotopic (exact) mass is 243 g/mol. The Kier molecular flexibility index (Phi) is 2.30. The van der Waals surface area contributed by atoms with E-state index in [1.165, 1.54) is 12.8 Å². The molecule has 1 saturated carbocycles. The van der Waals surface area contributed by atoms with Crippen molar-refractivity contribution in [1.82, 2.24) is 9.55 Å². The van der Waals surface area contributed by atoms with Crippen LogP contribution in [0.3, 0.4) is 0 Å². The Morgan fingerprint density at radius 3 is 3.06 bits per heavy atom. The molecule has 1 aromatic heterocycles. The molecule has 3 nitrogen and oxygen atoms in total. The number of hydrogen-bond donors (Lipinski definition) is 1. The largest absolute Gasteiger partial charge is 0.329 e. The number of nitriles is 1.